The first-order valence-corrected chi connectivity index (χ1v) is 4.54. The molecular weight excluding hydrogens is 176 g/mol. The fraction of sp³-hybridized carbons (Fsp3) is 0.400. The molecule has 2 rings (SSSR count). The minimum atomic E-state index is 0.939. The lowest BCUT2D eigenvalue weighted by atomic mass is 10.2. The van der Waals surface area contributed by atoms with E-state index in [1.165, 1.54) is 5.70 Å². The number of rotatable bonds is 2. The fourth-order valence-electron chi connectivity index (χ4n) is 1.61. The third-order valence-electron chi connectivity index (χ3n) is 2.29. The van der Waals surface area contributed by atoms with Crippen LogP contribution in [-0.4, -0.2) is 38.0 Å². The Balaban J connectivity index is 2.44. The predicted molar refractivity (Wildman–Crippen MR) is 55.4 cm³/mol. The molecule has 0 unspecified atom stereocenters. The Labute approximate surface area is 83.9 Å². The van der Waals surface area contributed by atoms with E-state index in [0.29, 0.717) is 0 Å². The average molecular weight is 190 g/mol. The van der Waals surface area contributed by atoms with Gasteiger partial charge in [0.2, 0.25) is 0 Å². The number of hydrogen-bond acceptors (Lipinski definition) is 4. The largest absolute Gasteiger partial charge is 0.377 e. The van der Waals surface area contributed by atoms with Crippen molar-refractivity contribution in [3.8, 4) is 0 Å². The lowest BCUT2D eigenvalue weighted by Crippen LogP contribution is -2.16. The number of hydrogen-bond donors (Lipinski definition) is 0. The maximum Gasteiger partial charge on any atom is 0.162 e. The van der Waals surface area contributed by atoms with Crippen molar-refractivity contribution in [3.05, 3.63) is 34.9 Å². The Hall–Kier alpha value is -1.58. The minimum Gasteiger partial charge on any atom is -0.377 e. The van der Waals surface area contributed by atoms with E-state index >= 15 is 0 Å². The third-order valence-corrected chi connectivity index (χ3v) is 2.29. The molecule has 4 heteroatoms. The SMILES string of the molecule is CN(C)C1=CC=C2N=NC(N(C)C)=C21. The second-order valence-corrected chi connectivity index (χ2v) is 3.79. The molecule has 0 bridgehead atoms. The van der Waals surface area contributed by atoms with Crippen LogP contribution in [0.3, 0.4) is 0 Å². The topological polar surface area (TPSA) is 31.2 Å². The summed E-state index contributed by atoms with van der Waals surface area (Å²) in [7, 11) is 8.02. The fourth-order valence-corrected chi connectivity index (χ4v) is 1.61. The van der Waals surface area contributed by atoms with Crippen molar-refractivity contribution in [2.24, 2.45) is 10.2 Å². The van der Waals surface area contributed by atoms with E-state index in [1.807, 2.05) is 39.2 Å². The summed E-state index contributed by atoms with van der Waals surface area (Å²) in [4.78, 5) is 4.07. The molecule has 0 aromatic carbocycles. The van der Waals surface area contributed by atoms with E-state index in [0.717, 1.165) is 17.1 Å². The van der Waals surface area contributed by atoms with E-state index in [1.54, 1.807) is 0 Å². The molecule has 0 saturated heterocycles. The van der Waals surface area contributed by atoms with Crippen LogP contribution in [0.15, 0.2) is 45.2 Å². The van der Waals surface area contributed by atoms with E-state index < -0.39 is 0 Å². The lowest BCUT2D eigenvalue weighted by Gasteiger charge is -2.18. The van der Waals surface area contributed by atoms with Crippen molar-refractivity contribution >= 4 is 0 Å². The zero-order valence-electron chi connectivity index (χ0n) is 8.94. The molecule has 0 atom stereocenters. The van der Waals surface area contributed by atoms with Gasteiger partial charge in [-0.15, -0.1) is 10.2 Å². The van der Waals surface area contributed by atoms with Crippen LogP contribution in [0, 0.1) is 0 Å². The van der Waals surface area contributed by atoms with Gasteiger partial charge in [0.15, 0.2) is 5.82 Å². The summed E-state index contributed by atoms with van der Waals surface area (Å²) in [6, 6.07) is 0. The molecule has 0 aromatic rings. The first kappa shape index (κ1) is 8.99. The number of fused-ring (bicyclic) bond motifs is 1. The normalized spacial score (nSPS) is 18.3. The van der Waals surface area contributed by atoms with Gasteiger partial charge in [0.05, 0.1) is 11.3 Å². The van der Waals surface area contributed by atoms with E-state index in [-0.39, 0.29) is 0 Å². The first-order chi connectivity index (χ1) is 6.61. The minimum absolute atomic E-state index is 0.939. The van der Waals surface area contributed by atoms with Crippen molar-refractivity contribution in [2.75, 3.05) is 28.2 Å². The van der Waals surface area contributed by atoms with Gasteiger partial charge in [0.1, 0.15) is 0 Å². The second-order valence-electron chi connectivity index (χ2n) is 3.79. The molecule has 0 aromatic heterocycles. The summed E-state index contributed by atoms with van der Waals surface area (Å²) in [6.07, 6.45) is 4.08. The molecule has 0 saturated carbocycles. The molecule has 0 radical (unpaired) electrons. The van der Waals surface area contributed by atoms with Crippen LogP contribution in [0.2, 0.25) is 0 Å². The molecule has 0 amide bonds. The van der Waals surface area contributed by atoms with Gasteiger partial charge in [-0.1, -0.05) is 0 Å². The summed E-state index contributed by atoms with van der Waals surface area (Å²) >= 11 is 0. The number of likely N-dealkylation sites (N-methyl/N-ethyl adjacent to an activating group) is 1. The van der Waals surface area contributed by atoms with Crippen molar-refractivity contribution in [3.63, 3.8) is 0 Å². The van der Waals surface area contributed by atoms with Gasteiger partial charge in [-0.05, 0) is 12.2 Å². The van der Waals surface area contributed by atoms with Gasteiger partial charge in [-0.25, -0.2) is 0 Å². The highest BCUT2D eigenvalue weighted by Crippen LogP contribution is 2.36. The Kier molecular flexibility index (Phi) is 1.91. The Bertz CT molecular complexity index is 383. The summed E-state index contributed by atoms with van der Waals surface area (Å²) in [5, 5.41) is 8.27. The summed E-state index contributed by atoms with van der Waals surface area (Å²) in [6.45, 7) is 0. The van der Waals surface area contributed by atoms with Gasteiger partial charge in [-0.2, -0.15) is 0 Å². The van der Waals surface area contributed by atoms with E-state index in [9.17, 15) is 0 Å². The van der Waals surface area contributed by atoms with Gasteiger partial charge in [0.25, 0.3) is 0 Å². The van der Waals surface area contributed by atoms with Crippen LogP contribution in [0.1, 0.15) is 0 Å². The number of allylic oxidation sites excluding steroid dienone is 2. The highest BCUT2D eigenvalue weighted by atomic mass is 15.3. The Morgan fingerprint density at radius 2 is 1.64 bits per heavy atom. The molecule has 1 aliphatic carbocycles. The van der Waals surface area contributed by atoms with Crippen LogP contribution < -0.4 is 0 Å². The lowest BCUT2D eigenvalue weighted by molar-refractivity contribution is 0.485. The smallest absolute Gasteiger partial charge is 0.162 e. The Morgan fingerprint density at radius 3 is 2.21 bits per heavy atom. The van der Waals surface area contributed by atoms with Crippen LogP contribution in [-0.2, 0) is 0 Å². The molecule has 0 N–H and O–H groups in total. The summed E-state index contributed by atoms with van der Waals surface area (Å²) in [5.74, 6) is 0.939. The van der Waals surface area contributed by atoms with Crippen molar-refractivity contribution < 1.29 is 0 Å². The molecule has 2 aliphatic rings. The third kappa shape index (κ3) is 1.14. The van der Waals surface area contributed by atoms with Crippen molar-refractivity contribution in [1.82, 2.24) is 9.80 Å². The summed E-state index contributed by atoms with van der Waals surface area (Å²) in [5.41, 5.74) is 3.28. The van der Waals surface area contributed by atoms with Gasteiger partial charge < -0.3 is 9.80 Å². The Morgan fingerprint density at radius 1 is 0.929 bits per heavy atom. The van der Waals surface area contributed by atoms with Gasteiger partial charge in [-0.3, -0.25) is 0 Å². The molecule has 1 aliphatic heterocycles. The molecule has 1 heterocycles. The monoisotopic (exact) mass is 190 g/mol. The number of nitrogens with zero attached hydrogens (tertiary/aromatic N) is 4. The van der Waals surface area contributed by atoms with Crippen LogP contribution in [0.4, 0.5) is 0 Å². The highest BCUT2D eigenvalue weighted by Gasteiger charge is 2.27. The van der Waals surface area contributed by atoms with Crippen LogP contribution >= 0.6 is 0 Å². The van der Waals surface area contributed by atoms with Gasteiger partial charge >= 0.3 is 0 Å². The van der Waals surface area contributed by atoms with Crippen LogP contribution in [0.5, 0.6) is 0 Å². The molecule has 0 spiro atoms. The molecule has 74 valence electrons. The second kappa shape index (κ2) is 2.97. The standard InChI is InChI=1S/C10H14N4/c1-13(2)8-6-5-7-9(8)10(12-11-7)14(3)4/h5-6H,1-4H3. The zero-order valence-corrected chi connectivity index (χ0v) is 8.94. The van der Waals surface area contributed by atoms with Crippen molar-refractivity contribution in [2.45, 2.75) is 0 Å². The quantitative estimate of drug-likeness (QED) is 0.661. The maximum atomic E-state index is 4.15. The molecule has 4 nitrogen and oxygen atoms in total. The van der Waals surface area contributed by atoms with Crippen molar-refractivity contribution in [1.29, 1.82) is 0 Å². The van der Waals surface area contributed by atoms with Gasteiger partial charge in [0, 0.05) is 33.9 Å². The predicted octanol–water partition coefficient (Wildman–Crippen LogP) is 1.57. The summed E-state index contributed by atoms with van der Waals surface area (Å²) < 4.78 is 0. The molecule has 14 heavy (non-hydrogen) atoms. The maximum absolute atomic E-state index is 4.15. The first-order valence-electron chi connectivity index (χ1n) is 4.54. The van der Waals surface area contributed by atoms with E-state index in [4.69, 9.17) is 0 Å². The average Bonchev–Trinajstić information content (AvgIpc) is 2.59. The highest BCUT2D eigenvalue weighted by molar-refractivity contribution is 5.57. The zero-order chi connectivity index (χ0) is 10.3. The van der Waals surface area contributed by atoms with E-state index in [2.05, 4.69) is 21.2 Å². The van der Waals surface area contributed by atoms with Crippen LogP contribution in [0.25, 0.3) is 0 Å². The molecular formula is C10H14N4. The number of azo groups is 1. The molecule has 0 fully saturated rings.